The Bertz CT molecular complexity index is 1330. The van der Waals surface area contributed by atoms with E-state index in [0.29, 0.717) is 5.92 Å². The number of hydrogen-bond acceptors (Lipinski definition) is 9. The van der Waals surface area contributed by atoms with Gasteiger partial charge in [0.2, 0.25) is 0 Å². The van der Waals surface area contributed by atoms with Crippen molar-refractivity contribution in [3.63, 3.8) is 0 Å². The molecular weight excluding hydrogens is 502 g/mol. The van der Waals surface area contributed by atoms with E-state index in [-0.39, 0.29) is 17.1 Å². The van der Waals surface area contributed by atoms with Gasteiger partial charge >= 0.3 is 11.7 Å². The van der Waals surface area contributed by atoms with Crippen LogP contribution in [-0.2, 0) is 7.05 Å². The van der Waals surface area contributed by atoms with E-state index >= 15 is 0 Å². The summed E-state index contributed by atoms with van der Waals surface area (Å²) in [6.07, 6.45) is 7.32. The number of carboxylic acids is 1. The summed E-state index contributed by atoms with van der Waals surface area (Å²) in [4.78, 5) is 33.4. The molecule has 4 heterocycles. The highest BCUT2D eigenvalue weighted by molar-refractivity contribution is 5.85. The second kappa shape index (κ2) is 11.3. The smallest absolute Gasteiger partial charge is 0.354 e. The number of aryl methyl sites for hydroxylation is 1. The Kier molecular flexibility index (Phi) is 7.64. The topological polar surface area (TPSA) is 130 Å². The standard InChI is InChI=1S/C27H33N7O5/c1-30-18-20(15-29-30)22-13-25(34(37)38)26(39-2)14-24(22)33-7-5-19(6-8-33)17-31-9-11-32(12-10-31)21-3-4-23(27(35)36)28-16-21/h3-4,13-16,18-19H,5-12,17H2,1-2H3,(H,35,36). The lowest BCUT2D eigenvalue weighted by Gasteiger charge is -2.40. The van der Waals surface area contributed by atoms with Crippen molar-refractivity contribution in [1.29, 1.82) is 0 Å². The van der Waals surface area contributed by atoms with Gasteiger partial charge in [0.15, 0.2) is 5.75 Å². The number of aromatic carboxylic acids is 1. The molecule has 1 N–H and O–H groups in total. The molecule has 206 valence electrons. The fourth-order valence-electron chi connectivity index (χ4n) is 5.53. The molecule has 1 aromatic carbocycles. The van der Waals surface area contributed by atoms with Crippen LogP contribution >= 0.6 is 0 Å². The minimum Gasteiger partial charge on any atom is -0.490 e. The van der Waals surface area contributed by atoms with E-state index in [1.807, 2.05) is 19.3 Å². The number of carboxylic acid groups (broad SMARTS) is 1. The summed E-state index contributed by atoms with van der Waals surface area (Å²) in [5.74, 6) is -0.181. The number of aromatic nitrogens is 3. The van der Waals surface area contributed by atoms with E-state index in [4.69, 9.17) is 9.84 Å². The molecule has 0 bridgehead atoms. The van der Waals surface area contributed by atoms with E-state index in [9.17, 15) is 14.9 Å². The van der Waals surface area contributed by atoms with Crippen molar-refractivity contribution in [2.24, 2.45) is 13.0 Å². The second-order valence-corrected chi connectivity index (χ2v) is 10.1. The molecule has 2 aliphatic heterocycles. The fourth-order valence-corrected chi connectivity index (χ4v) is 5.53. The molecule has 12 heteroatoms. The number of methoxy groups -OCH3 is 1. The summed E-state index contributed by atoms with van der Waals surface area (Å²) < 4.78 is 7.08. The zero-order chi connectivity index (χ0) is 27.5. The van der Waals surface area contributed by atoms with E-state index in [1.54, 1.807) is 35.3 Å². The number of piperazine rings is 1. The van der Waals surface area contributed by atoms with Gasteiger partial charge in [0.05, 0.1) is 30.1 Å². The molecule has 2 saturated heterocycles. The molecule has 0 radical (unpaired) electrons. The third-order valence-electron chi connectivity index (χ3n) is 7.69. The first-order valence-corrected chi connectivity index (χ1v) is 13.1. The molecule has 3 aromatic rings. The Balaban J connectivity index is 1.20. The van der Waals surface area contributed by atoms with Crippen LogP contribution in [0.3, 0.4) is 0 Å². The van der Waals surface area contributed by atoms with Crippen LogP contribution in [0.25, 0.3) is 11.1 Å². The van der Waals surface area contributed by atoms with Crippen LogP contribution in [0, 0.1) is 16.0 Å². The number of piperidine rings is 1. The lowest BCUT2D eigenvalue weighted by molar-refractivity contribution is -0.385. The quantitative estimate of drug-likeness (QED) is 0.339. The first kappa shape index (κ1) is 26.4. The van der Waals surface area contributed by atoms with Crippen LogP contribution in [0.2, 0.25) is 0 Å². The van der Waals surface area contributed by atoms with E-state index in [2.05, 4.69) is 24.8 Å². The maximum absolute atomic E-state index is 11.7. The largest absolute Gasteiger partial charge is 0.490 e. The number of nitro groups is 1. The molecule has 12 nitrogen and oxygen atoms in total. The number of benzene rings is 1. The van der Waals surface area contributed by atoms with Gasteiger partial charge in [0, 0.05) is 88.0 Å². The molecule has 5 rings (SSSR count). The molecule has 2 aromatic heterocycles. The first-order chi connectivity index (χ1) is 18.8. The molecule has 0 aliphatic carbocycles. The van der Waals surface area contributed by atoms with Gasteiger partial charge in [-0.25, -0.2) is 9.78 Å². The Hall–Kier alpha value is -4.19. The Labute approximate surface area is 226 Å². The molecule has 2 aliphatic rings. The van der Waals surface area contributed by atoms with Crippen molar-refractivity contribution in [3.8, 4) is 16.9 Å². The van der Waals surface area contributed by atoms with Crippen molar-refractivity contribution in [1.82, 2.24) is 19.7 Å². The summed E-state index contributed by atoms with van der Waals surface area (Å²) in [7, 11) is 3.29. The zero-order valence-corrected chi connectivity index (χ0v) is 22.2. The number of anilines is 2. The van der Waals surface area contributed by atoms with E-state index < -0.39 is 10.9 Å². The van der Waals surface area contributed by atoms with Gasteiger partial charge in [-0.3, -0.25) is 19.7 Å². The molecular formula is C27H33N7O5. The maximum atomic E-state index is 11.7. The third-order valence-corrected chi connectivity index (χ3v) is 7.69. The number of rotatable bonds is 8. The number of hydrogen-bond donors (Lipinski definition) is 1. The summed E-state index contributed by atoms with van der Waals surface area (Å²) in [6.45, 7) is 6.42. The lowest BCUT2D eigenvalue weighted by atomic mass is 9.94. The second-order valence-electron chi connectivity index (χ2n) is 10.1. The predicted molar refractivity (Wildman–Crippen MR) is 147 cm³/mol. The maximum Gasteiger partial charge on any atom is 0.354 e. The highest BCUT2D eigenvalue weighted by Crippen LogP contribution is 2.41. The van der Waals surface area contributed by atoms with Gasteiger partial charge in [-0.05, 0) is 30.9 Å². The number of nitrogens with zero attached hydrogens (tertiary/aromatic N) is 7. The molecule has 0 saturated carbocycles. The Morgan fingerprint density at radius 2 is 1.85 bits per heavy atom. The number of nitro benzene ring substituents is 1. The van der Waals surface area contributed by atoms with Crippen LogP contribution in [0.15, 0.2) is 42.9 Å². The van der Waals surface area contributed by atoms with Crippen LogP contribution in [0.4, 0.5) is 17.1 Å². The molecule has 2 fully saturated rings. The average Bonchev–Trinajstić information content (AvgIpc) is 3.39. The highest BCUT2D eigenvalue weighted by atomic mass is 16.6. The van der Waals surface area contributed by atoms with Gasteiger partial charge in [0.1, 0.15) is 5.69 Å². The number of pyridine rings is 1. The first-order valence-electron chi connectivity index (χ1n) is 13.1. The van der Waals surface area contributed by atoms with Gasteiger partial charge in [-0.1, -0.05) is 0 Å². The number of carbonyl (C=O) groups is 1. The molecule has 39 heavy (non-hydrogen) atoms. The third kappa shape index (κ3) is 5.80. The predicted octanol–water partition coefficient (Wildman–Crippen LogP) is 3.14. The van der Waals surface area contributed by atoms with Crippen molar-refractivity contribution < 1.29 is 19.6 Å². The van der Waals surface area contributed by atoms with Gasteiger partial charge < -0.3 is 19.6 Å². The summed E-state index contributed by atoms with van der Waals surface area (Å²) in [5.41, 5.74) is 3.52. The van der Waals surface area contributed by atoms with Crippen molar-refractivity contribution in [2.45, 2.75) is 12.8 Å². The highest BCUT2D eigenvalue weighted by Gasteiger charge is 2.28. The molecule has 0 atom stereocenters. The van der Waals surface area contributed by atoms with Crippen molar-refractivity contribution >= 4 is 23.0 Å². The summed E-state index contributed by atoms with van der Waals surface area (Å²) >= 11 is 0. The summed E-state index contributed by atoms with van der Waals surface area (Å²) in [5, 5.41) is 25.0. The SMILES string of the molecule is COc1cc(N2CCC(CN3CCN(c4ccc(C(=O)O)nc4)CC3)CC2)c(-c2cnn(C)c2)cc1[N+](=O)[O-]. The van der Waals surface area contributed by atoms with E-state index in [1.165, 1.54) is 7.11 Å². The minimum atomic E-state index is -1.02. The zero-order valence-electron chi connectivity index (χ0n) is 22.2. The van der Waals surface area contributed by atoms with Gasteiger partial charge in [-0.15, -0.1) is 0 Å². The monoisotopic (exact) mass is 535 g/mol. The summed E-state index contributed by atoms with van der Waals surface area (Å²) in [6, 6.07) is 6.77. The molecule has 0 amide bonds. The van der Waals surface area contributed by atoms with Gasteiger partial charge in [-0.2, -0.15) is 5.10 Å². The van der Waals surface area contributed by atoms with Crippen LogP contribution < -0.4 is 14.5 Å². The van der Waals surface area contributed by atoms with Crippen molar-refractivity contribution in [3.05, 3.63) is 58.7 Å². The lowest BCUT2D eigenvalue weighted by Crippen LogP contribution is -2.49. The minimum absolute atomic E-state index is 0.0530. The van der Waals surface area contributed by atoms with E-state index in [0.717, 1.165) is 81.2 Å². The molecule has 0 spiro atoms. The van der Waals surface area contributed by atoms with Crippen LogP contribution in [-0.4, -0.2) is 88.6 Å². The van der Waals surface area contributed by atoms with Crippen LogP contribution in [0.1, 0.15) is 23.3 Å². The van der Waals surface area contributed by atoms with Gasteiger partial charge in [0.25, 0.3) is 0 Å². The number of ether oxygens (including phenoxy) is 1. The fraction of sp³-hybridized carbons (Fsp3) is 0.444. The van der Waals surface area contributed by atoms with Crippen LogP contribution in [0.5, 0.6) is 5.75 Å². The average molecular weight is 536 g/mol. The normalized spacial score (nSPS) is 16.9. The Morgan fingerprint density at radius 3 is 2.41 bits per heavy atom. The molecule has 0 unspecified atom stereocenters. The van der Waals surface area contributed by atoms with Crippen molar-refractivity contribution in [2.75, 3.05) is 62.7 Å². The Morgan fingerprint density at radius 1 is 1.10 bits per heavy atom.